The Hall–Kier alpha value is -2.49. The van der Waals surface area contributed by atoms with Crippen molar-refractivity contribution < 1.29 is 4.74 Å². The van der Waals surface area contributed by atoms with Crippen molar-refractivity contribution in [2.75, 3.05) is 12.8 Å². The first kappa shape index (κ1) is 11.6. The number of fused-ring (bicyclic) bond motifs is 1. The number of anilines is 1. The van der Waals surface area contributed by atoms with E-state index in [9.17, 15) is 0 Å². The van der Waals surface area contributed by atoms with Crippen LogP contribution < -0.4 is 10.5 Å². The molecule has 0 aliphatic rings. The Morgan fingerprint density at radius 2 is 2.11 bits per heavy atom. The van der Waals surface area contributed by atoms with E-state index in [-0.39, 0.29) is 0 Å². The van der Waals surface area contributed by atoms with Crippen molar-refractivity contribution in [3.05, 3.63) is 42.2 Å². The number of rotatable bonds is 2. The molecule has 0 unspecified atom stereocenters. The molecule has 0 aliphatic heterocycles. The van der Waals surface area contributed by atoms with Gasteiger partial charge in [-0.3, -0.25) is 0 Å². The second-order valence-electron chi connectivity index (χ2n) is 4.51. The van der Waals surface area contributed by atoms with Crippen LogP contribution >= 0.6 is 0 Å². The van der Waals surface area contributed by atoms with Gasteiger partial charge in [-0.25, -0.2) is 4.98 Å². The molecule has 1 aromatic carbocycles. The second-order valence-corrected chi connectivity index (χ2v) is 4.51. The van der Waals surface area contributed by atoms with Crippen LogP contribution in [-0.4, -0.2) is 17.1 Å². The highest BCUT2D eigenvalue weighted by atomic mass is 16.5. The number of hydrogen-bond acceptors (Lipinski definition) is 3. The van der Waals surface area contributed by atoms with Gasteiger partial charge in [0.1, 0.15) is 11.4 Å². The molecule has 19 heavy (non-hydrogen) atoms. The summed E-state index contributed by atoms with van der Waals surface area (Å²) in [5.41, 5.74) is 10.8. The molecule has 3 N–H and O–H groups in total. The minimum absolute atomic E-state index is 0.714. The van der Waals surface area contributed by atoms with E-state index in [1.807, 2.05) is 25.1 Å². The fraction of sp³-hybridized carbons (Fsp3) is 0.133. The Balaban J connectivity index is 2.24. The molecule has 2 heterocycles. The molecule has 0 saturated heterocycles. The van der Waals surface area contributed by atoms with E-state index in [1.165, 1.54) is 0 Å². The van der Waals surface area contributed by atoms with Gasteiger partial charge in [0.25, 0.3) is 0 Å². The zero-order valence-electron chi connectivity index (χ0n) is 10.9. The number of H-pyrrole nitrogens is 1. The Labute approximate surface area is 111 Å². The lowest BCUT2D eigenvalue weighted by Crippen LogP contribution is -1.90. The number of aryl methyl sites for hydroxylation is 1. The molecule has 0 saturated carbocycles. The molecular weight excluding hydrogens is 238 g/mol. The van der Waals surface area contributed by atoms with E-state index >= 15 is 0 Å². The maximum Gasteiger partial charge on any atom is 0.139 e. The summed E-state index contributed by atoms with van der Waals surface area (Å²) in [5.74, 6) is 0.885. The number of nitrogens with one attached hydrogen (secondary N) is 1. The number of aromatic nitrogens is 2. The fourth-order valence-corrected chi connectivity index (χ4v) is 2.37. The smallest absolute Gasteiger partial charge is 0.139 e. The van der Waals surface area contributed by atoms with Crippen molar-refractivity contribution in [1.29, 1.82) is 0 Å². The first-order valence-electron chi connectivity index (χ1n) is 6.07. The lowest BCUT2D eigenvalue weighted by atomic mass is 10.0. The van der Waals surface area contributed by atoms with Crippen LogP contribution in [0, 0.1) is 6.92 Å². The summed E-state index contributed by atoms with van der Waals surface area (Å²) in [6.07, 6.45) is 3.56. The highest BCUT2D eigenvalue weighted by Crippen LogP contribution is 2.33. The number of aromatic amines is 1. The maximum atomic E-state index is 6.01. The maximum absolute atomic E-state index is 6.01. The van der Waals surface area contributed by atoms with Crippen LogP contribution in [0.5, 0.6) is 5.75 Å². The Kier molecular flexibility index (Phi) is 2.63. The van der Waals surface area contributed by atoms with E-state index in [0.717, 1.165) is 33.5 Å². The molecule has 3 aromatic rings. The van der Waals surface area contributed by atoms with Gasteiger partial charge in [0.15, 0.2) is 0 Å². The Morgan fingerprint density at radius 3 is 2.84 bits per heavy atom. The molecule has 2 aromatic heterocycles. The number of benzene rings is 1. The molecule has 0 atom stereocenters. The summed E-state index contributed by atoms with van der Waals surface area (Å²) in [7, 11) is 1.68. The lowest BCUT2D eigenvalue weighted by Gasteiger charge is -2.09. The Morgan fingerprint density at radius 1 is 1.26 bits per heavy atom. The minimum Gasteiger partial charge on any atom is -0.496 e. The van der Waals surface area contributed by atoms with Crippen LogP contribution in [0.3, 0.4) is 0 Å². The third-order valence-electron chi connectivity index (χ3n) is 3.31. The predicted molar refractivity (Wildman–Crippen MR) is 77.2 cm³/mol. The van der Waals surface area contributed by atoms with Gasteiger partial charge in [-0.2, -0.15) is 0 Å². The highest BCUT2D eigenvalue weighted by molar-refractivity contribution is 6.01. The van der Waals surface area contributed by atoms with E-state index in [1.54, 1.807) is 19.5 Å². The first-order valence-corrected chi connectivity index (χ1v) is 6.07. The van der Waals surface area contributed by atoms with Crippen molar-refractivity contribution in [2.24, 2.45) is 0 Å². The van der Waals surface area contributed by atoms with E-state index in [2.05, 4.69) is 16.0 Å². The van der Waals surface area contributed by atoms with Crippen molar-refractivity contribution in [2.45, 2.75) is 6.92 Å². The molecule has 0 amide bonds. The zero-order chi connectivity index (χ0) is 13.4. The highest BCUT2D eigenvalue weighted by Gasteiger charge is 2.10. The summed E-state index contributed by atoms with van der Waals surface area (Å²) in [4.78, 5) is 7.36. The first-order chi connectivity index (χ1) is 9.20. The summed E-state index contributed by atoms with van der Waals surface area (Å²) >= 11 is 0. The van der Waals surface area contributed by atoms with E-state index < -0.39 is 0 Å². The molecular formula is C15H15N3O. The Bertz CT molecular complexity index is 746. The second kappa shape index (κ2) is 4.31. The molecule has 4 heteroatoms. The third-order valence-corrected chi connectivity index (χ3v) is 3.31. The number of hydrogen-bond donors (Lipinski definition) is 2. The topological polar surface area (TPSA) is 63.9 Å². The average Bonchev–Trinajstić information content (AvgIpc) is 2.81. The minimum atomic E-state index is 0.714. The summed E-state index contributed by atoms with van der Waals surface area (Å²) in [5, 5.41) is 0.965. The molecule has 0 bridgehead atoms. The summed E-state index contributed by atoms with van der Waals surface area (Å²) in [6, 6.07) is 8.08. The van der Waals surface area contributed by atoms with Gasteiger partial charge >= 0.3 is 0 Å². The SMILES string of the molecule is COc1ccc(-c2ccnc3[nH]cc(N)c23)cc1C. The largest absolute Gasteiger partial charge is 0.496 e. The zero-order valence-corrected chi connectivity index (χ0v) is 10.9. The fourth-order valence-electron chi connectivity index (χ4n) is 2.37. The van der Waals surface area contributed by atoms with Gasteiger partial charge in [0, 0.05) is 17.8 Å². The number of pyridine rings is 1. The molecule has 0 fully saturated rings. The van der Waals surface area contributed by atoms with Gasteiger partial charge in [-0.15, -0.1) is 0 Å². The van der Waals surface area contributed by atoms with Crippen LogP contribution in [0.1, 0.15) is 5.56 Å². The molecule has 0 aliphatic carbocycles. The molecule has 0 radical (unpaired) electrons. The van der Waals surface area contributed by atoms with Gasteiger partial charge in [0.2, 0.25) is 0 Å². The third kappa shape index (κ3) is 1.81. The predicted octanol–water partition coefficient (Wildman–Crippen LogP) is 3.13. The van der Waals surface area contributed by atoms with Crippen molar-refractivity contribution in [3.8, 4) is 16.9 Å². The van der Waals surface area contributed by atoms with Gasteiger partial charge in [-0.05, 0) is 41.8 Å². The number of nitrogens with zero attached hydrogens (tertiary/aromatic N) is 1. The van der Waals surface area contributed by atoms with Crippen molar-refractivity contribution >= 4 is 16.7 Å². The standard InChI is InChI=1S/C15H15N3O/c1-9-7-10(3-4-13(9)19-2)11-5-6-17-15-14(11)12(16)8-18-15/h3-8H,16H2,1-2H3,(H,17,18). The summed E-state index contributed by atoms with van der Waals surface area (Å²) < 4.78 is 5.29. The van der Waals surface area contributed by atoms with Crippen LogP contribution in [0.15, 0.2) is 36.7 Å². The quantitative estimate of drug-likeness (QED) is 0.737. The van der Waals surface area contributed by atoms with Crippen LogP contribution in [0.25, 0.3) is 22.2 Å². The average molecular weight is 253 g/mol. The van der Waals surface area contributed by atoms with Crippen LogP contribution in [-0.2, 0) is 0 Å². The molecule has 3 rings (SSSR count). The van der Waals surface area contributed by atoms with E-state index in [0.29, 0.717) is 5.69 Å². The number of nitrogens with two attached hydrogens (primary N) is 1. The monoisotopic (exact) mass is 253 g/mol. The summed E-state index contributed by atoms with van der Waals surface area (Å²) in [6.45, 7) is 2.03. The van der Waals surface area contributed by atoms with Gasteiger partial charge in [-0.1, -0.05) is 6.07 Å². The number of ether oxygens (including phenoxy) is 1. The van der Waals surface area contributed by atoms with Crippen LogP contribution in [0.4, 0.5) is 5.69 Å². The lowest BCUT2D eigenvalue weighted by molar-refractivity contribution is 0.412. The number of nitrogen functional groups attached to an aromatic ring is 1. The van der Waals surface area contributed by atoms with E-state index in [4.69, 9.17) is 10.5 Å². The van der Waals surface area contributed by atoms with Gasteiger partial charge < -0.3 is 15.5 Å². The van der Waals surface area contributed by atoms with Crippen LogP contribution in [0.2, 0.25) is 0 Å². The van der Waals surface area contributed by atoms with Crippen molar-refractivity contribution in [1.82, 2.24) is 9.97 Å². The molecule has 96 valence electrons. The van der Waals surface area contributed by atoms with Gasteiger partial charge in [0.05, 0.1) is 12.8 Å². The van der Waals surface area contributed by atoms with Crippen molar-refractivity contribution in [3.63, 3.8) is 0 Å². The number of methoxy groups -OCH3 is 1. The normalized spacial score (nSPS) is 10.8. The molecule has 4 nitrogen and oxygen atoms in total. The molecule has 0 spiro atoms.